The molecule has 0 atom stereocenters. The van der Waals surface area contributed by atoms with Crippen LogP contribution >= 0.6 is 0 Å². The Morgan fingerprint density at radius 2 is 2.06 bits per heavy atom. The summed E-state index contributed by atoms with van der Waals surface area (Å²) in [7, 11) is 0. The topological polar surface area (TPSA) is 56.7 Å². The lowest BCUT2D eigenvalue weighted by atomic mass is 10.1. The van der Waals surface area contributed by atoms with Crippen LogP contribution in [-0.4, -0.2) is 23.7 Å². The Balaban J connectivity index is 2.00. The molecule has 4 heteroatoms. The molecule has 2 rings (SSSR count). The van der Waals surface area contributed by atoms with Crippen LogP contribution in [0.1, 0.15) is 30.9 Å². The molecule has 1 aromatic carbocycles. The van der Waals surface area contributed by atoms with Crippen LogP contribution in [0, 0.1) is 0 Å². The lowest BCUT2D eigenvalue weighted by Crippen LogP contribution is -2.38. The number of aliphatic hydroxyl groups is 1. The van der Waals surface area contributed by atoms with Gasteiger partial charge < -0.3 is 15.7 Å². The fourth-order valence-corrected chi connectivity index (χ4v) is 1.77. The number of rotatable bonds is 5. The van der Waals surface area contributed by atoms with Crippen LogP contribution in [0.5, 0.6) is 0 Å². The minimum atomic E-state index is 0.0677. The normalized spacial score (nSPS) is 15.6. The van der Waals surface area contributed by atoms with Gasteiger partial charge in [0.2, 0.25) is 0 Å². The molecule has 0 saturated heterocycles. The number of aliphatic imine (C=N–C) groups is 1. The van der Waals surface area contributed by atoms with Gasteiger partial charge in [-0.3, -0.25) is 0 Å². The molecule has 0 amide bonds. The molecule has 0 radical (unpaired) electrons. The molecule has 0 bridgehead atoms. The quantitative estimate of drug-likeness (QED) is 0.544. The molecule has 0 heterocycles. The summed E-state index contributed by atoms with van der Waals surface area (Å²) in [6.07, 6.45) is 2.47. The molecule has 0 spiro atoms. The summed E-state index contributed by atoms with van der Waals surface area (Å²) in [5, 5.41) is 15.9. The number of benzene rings is 1. The van der Waals surface area contributed by atoms with Gasteiger partial charge >= 0.3 is 0 Å². The van der Waals surface area contributed by atoms with Crippen LogP contribution in [0.2, 0.25) is 0 Å². The van der Waals surface area contributed by atoms with Crippen LogP contribution in [0.3, 0.4) is 0 Å². The Morgan fingerprint density at radius 1 is 1.33 bits per heavy atom. The molecule has 18 heavy (non-hydrogen) atoms. The molecular formula is C14H21N3O. The van der Waals surface area contributed by atoms with E-state index in [0.717, 1.165) is 23.6 Å². The second-order valence-electron chi connectivity index (χ2n) is 4.54. The number of guanidine groups is 1. The van der Waals surface area contributed by atoms with E-state index in [4.69, 9.17) is 0 Å². The Hall–Kier alpha value is -1.55. The van der Waals surface area contributed by atoms with Gasteiger partial charge in [0.15, 0.2) is 5.96 Å². The van der Waals surface area contributed by atoms with E-state index in [1.165, 1.54) is 12.8 Å². The minimum absolute atomic E-state index is 0.0677. The second-order valence-corrected chi connectivity index (χ2v) is 4.54. The van der Waals surface area contributed by atoms with Gasteiger partial charge in [-0.2, -0.15) is 0 Å². The highest BCUT2D eigenvalue weighted by Gasteiger charge is 2.22. The predicted octanol–water partition coefficient (Wildman–Crippen LogP) is 1.40. The van der Waals surface area contributed by atoms with Crippen LogP contribution in [0.4, 0.5) is 0 Å². The van der Waals surface area contributed by atoms with Gasteiger partial charge in [-0.25, -0.2) is 4.99 Å². The summed E-state index contributed by atoms with van der Waals surface area (Å²) < 4.78 is 0. The van der Waals surface area contributed by atoms with Gasteiger partial charge in [-0.15, -0.1) is 0 Å². The number of nitrogens with one attached hydrogen (secondary N) is 2. The molecule has 0 aliphatic heterocycles. The highest BCUT2D eigenvalue weighted by molar-refractivity contribution is 5.80. The molecule has 1 aliphatic carbocycles. The van der Waals surface area contributed by atoms with Gasteiger partial charge in [0.05, 0.1) is 13.2 Å². The van der Waals surface area contributed by atoms with Gasteiger partial charge in [0, 0.05) is 12.6 Å². The average molecular weight is 247 g/mol. The van der Waals surface area contributed by atoms with Crippen molar-refractivity contribution in [3.05, 3.63) is 35.4 Å². The average Bonchev–Trinajstić information content (AvgIpc) is 3.20. The smallest absolute Gasteiger partial charge is 0.191 e. The van der Waals surface area contributed by atoms with Crippen LogP contribution in [-0.2, 0) is 13.2 Å². The Kier molecular flexibility index (Phi) is 4.59. The number of hydrogen-bond donors (Lipinski definition) is 3. The zero-order chi connectivity index (χ0) is 12.8. The zero-order valence-corrected chi connectivity index (χ0v) is 10.8. The summed E-state index contributed by atoms with van der Waals surface area (Å²) in [6, 6.07) is 8.45. The highest BCUT2D eigenvalue weighted by atomic mass is 16.3. The summed E-state index contributed by atoms with van der Waals surface area (Å²) in [4.78, 5) is 4.56. The third-order valence-electron chi connectivity index (χ3n) is 2.96. The maximum Gasteiger partial charge on any atom is 0.191 e. The fraction of sp³-hybridized carbons (Fsp3) is 0.500. The van der Waals surface area contributed by atoms with Crippen LogP contribution in [0.15, 0.2) is 29.3 Å². The van der Waals surface area contributed by atoms with Crippen molar-refractivity contribution in [2.24, 2.45) is 4.99 Å². The van der Waals surface area contributed by atoms with E-state index in [1.54, 1.807) is 0 Å². The van der Waals surface area contributed by atoms with E-state index >= 15 is 0 Å². The molecule has 0 aromatic heterocycles. The van der Waals surface area contributed by atoms with Gasteiger partial charge in [-0.1, -0.05) is 24.3 Å². The third kappa shape index (κ3) is 3.74. The van der Waals surface area contributed by atoms with E-state index in [1.807, 2.05) is 24.3 Å². The van der Waals surface area contributed by atoms with Gasteiger partial charge in [-0.05, 0) is 30.9 Å². The highest BCUT2D eigenvalue weighted by Crippen LogP contribution is 2.18. The van der Waals surface area contributed by atoms with Crippen LogP contribution in [0.25, 0.3) is 0 Å². The molecule has 1 fully saturated rings. The van der Waals surface area contributed by atoms with Crippen molar-refractivity contribution in [1.82, 2.24) is 10.6 Å². The Bertz CT molecular complexity index is 413. The fourth-order valence-electron chi connectivity index (χ4n) is 1.77. The first-order valence-corrected chi connectivity index (χ1v) is 6.56. The van der Waals surface area contributed by atoms with Crippen molar-refractivity contribution in [3.63, 3.8) is 0 Å². The zero-order valence-electron chi connectivity index (χ0n) is 10.8. The van der Waals surface area contributed by atoms with Crippen molar-refractivity contribution < 1.29 is 5.11 Å². The molecule has 0 unspecified atom stereocenters. The molecular weight excluding hydrogens is 226 g/mol. The molecule has 1 aliphatic rings. The lowest BCUT2D eigenvalue weighted by Gasteiger charge is -2.11. The number of nitrogens with zero attached hydrogens (tertiary/aromatic N) is 1. The summed E-state index contributed by atoms with van der Waals surface area (Å²) in [5.74, 6) is 0.868. The standard InChI is InChI=1S/C14H21N3O/c1-2-15-14(17-13-7-8-13)16-9-11-5-3-4-6-12(11)10-18/h3-6,13,18H,2,7-10H2,1H3,(H2,15,16,17). The van der Waals surface area contributed by atoms with Gasteiger partial charge in [0.1, 0.15) is 0 Å². The third-order valence-corrected chi connectivity index (χ3v) is 2.96. The second kappa shape index (κ2) is 6.40. The predicted molar refractivity (Wildman–Crippen MR) is 73.3 cm³/mol. The first kappa shape index (κ1) is 12.9. The molecule has 1 aromatic rings. The number of hydrogen-bond acceptors (Lipinski definition) is 2. The first-order chi connectivity index (χ1) is 8.83. The molecule has 4 nitrogen and oxygen atoms in total. The SMILES string of the molecule is CCNC(=NCc1ccccc1CO)NC1CC1. The van der Waals surface area contributed by atoms with Gasteiger partial charge in [0.25, 0.3) is 0 Å². The monoisotopic (exact) mass is 247 g/mol. The Morgan fingerprint density at radius 3 is 2.67 bits per heavy atom. The van der Waals surface area contributed by atoms with Crippen molar-refractivity contribution in [3.8, 4) is 0 Å². The summed E-state index contributed by atoms with van der Waals surface area (Å²) >= 11 is 0. The lowest BCUT2D eigenvalue weighted by molar-refractivity contribution is 0.280. The summed E-state index contributed by atoms with van der Waals surface area (Å²) in [6.45, 7) is 3.59. The van der Waals surface area contributed by atoms with E-state index in [2.05, 4.69) is 22.5 Å². The largest absolute Gasteiger partial charge is 0.392 e. The Labute approximate surface area is 108 Å². The van der Waals surface area contributed by atoms with E-state index < -0.39 is 0 Å². The van der Waals surface area contributed by atoms with Crippen molar-refractivity contribution in [1.29, 1.82) is 0 Å². The minimum Gasteiger partial charge on any atom is -0.392 e. The van der Waals surface area contributed by atoms with E-state index in [-0.39, 0.29) is 6.61 Å². The van der Waals surface area contributed by atoms with Crippen molar-refractivity contribution >= 4 is 5.96 Å². The van der Waals surface area contributed by atoms with Crippen molar-refractivity contribution in [2.45, 2.75) is 39.0 Å². The van der Waals surface area contributed by atoms with E-state index in [9.17, 15) is 5.11 Å². The van der Waals surface area contributed by atoms with Crippen molar-refractivity contribution in [2.75, 3.05) is 6.54 Å². The van der Waals surface area contributed by atoms with Crippen LogP contribution < -0.4 is 10.6 Å². The van der Waals surface area contributed by atoms with E-state index in [0.29, 0.717) is 12.6 Å². The maximum atomic E-state index is 9.26. The maximum absolute atomic E-state index is 9.26. The molecule has 98 valence electrons. The number of aliphatic hydroxyl groups excluding tert-OH is 1. The molecule has 3 N–H and O–H groups in total. The summed E-state index contributed by atoms with van der Waals surface area (Å²) in [5.41, 5.74) is 2.02. The first-order valence-electron chi connectivity index (χ1n) is 6.56. The molecule has 1 saturated carbocycles.